The van der Waals surface area contributed by atoms with Crippen LogP contribution in [-0.2, 0) is 5.41 Å². The Kier molecular flexibility index (Phi) is 4.02. The highest BCUT2D eigenvalue weighted by molar-refractivity contribution is 6.30. The zero-order valence-electron chi connectivity index (χ0n) is 15.0. The molecule has 2 unspecified atom stereocenters. The molecule has 0 radical (unpaired) electrons. The molecule has 3 aromatic carbocycles. The molecule has 1 aliphatic heterocycles. The summed E-state index contributed by atoms with van der Waals surface area (Å²) in [5.74, 6) is 1.12. The summed E-state index contributed by atoms with van der Waals surface area (Å²) in [6.45, 7) is 0. The van der Waals surface area contributed by atoms with Crippen molar-refractivity contribution in [3.05, 3.63) is 107 Å². The van der Waals surface area contributed by atoms with E-state index >= 15 is 0 Å². The maximum atomic E-state index is 6.10. The lowest BCUT2D eigenvalue weighted by Gasteiger charge is -2.21. The smallest absolute Gasteiger partial charge is 0.108 e. The van der Waals surface area contributed by atoms with Crippen molar-refractivity contribution in [3.8, 4) is 0 Å². The molecule has 1 N–H and O–H groups in total. The van der Waals surface area contributed by atoms with E-state index in [4.69, 9.17) is 16.6 Å². The SMILES string of the molecule is Clc1ccc(C2(C3=NC(c4ccccc4)C(c4ccccc4)N3)CC2)cc1. The lowest BCUT2D eigenvalue weighted by molar-refractivity contribution is 0.570. The van der Waals surface area contributed by atoms with Gasteiger partial charge in [-0.2, -0.15) is 0 Å². The van der Waals surface area contributed by atoms with Crippen molar-refractivity contribution in [2.24, 2.45) is 4.99 Å². The van der Waals surface area contributed by atoms with Crippen LogP contribution in [0.4, 0.5) is 0 Å². The van der Waals surface area contributed by atoms with E-state index in [0.29, 0.717) is 0 Å². The van der Waals surface area contributed by atoms with Crippen LogP contribution in [0.25, 0.3) is 0 Å². The van der Waals surface area contributed by atoms with Gasteiger partial charge in [-0.05, 0) is 41.7 Å². The number of hydrogen-bond donors (Lipinski definition) is 1. The molecule has 27 heavy (non-hydrogen) atoms. The Hall–Kier alpha value is -2.58. The molecule has 1 saturated carbocycles. The molecule has 2 nitrogen and oxygen atoms in total. The van der Waals surface area contributed by atoms with Gasteiger partial charge in [0, 0.05) is 5.02 Å². The maximum Gasteiger partial charge on any atom is 0.108 e. The Morgan fingerprint density at radius 1 is 0.778 bits per heavy atom. The zero-order chi connectivity index (χ0) is 18.3. The second-order valence-corrected chi connectivity index (χ2v) is 7.89. The minimum Gasteiger partial charge on any atom is -0.364 e. The summed E-state index contributed by atoms with van der Waals surface area (Å²) < 4.78 is 0. The van der Waals surface area contributed by atoms with Crippen molar-refractivity contribution in [2.75, 3.05) is 0 Å². The Morgan fingerprint density at radius 2 is 1.37 bits per heavy atom. The van der Waals surface area contributed by atoms with Gasteiger partial charge in [-0.15, -0.1) is 0 Å². The molecule has 1 heterocycles. The molecule has 5 rings (SSSR count). The van der Waals surface area contributed by atoms with Crippen LogP contribution in [0.1, 0.15) is 41.6 Å². The van der Waals surface area contributed by atoms with Crippen LogP contribution in [0.5, 0.6) is 0 Å². The summed E-state index contributed by atoms with van der Waals surface area (Å²) in [5, 5.41) is 4.57. The molecule has 3 heteroatoms. The predicted molar refractivity (Wildman–Crippen MR) is 111 cm³/mol. The fraction of sp³-hybridized carbons (Fsp3) is 0.208. The van der Waals surface area contributed by atoms with E-state index in [1.165, 1.54) is 16.7 Å². The number of rotatable bonds is 4. The first-order chi connectivity index (χ1) is 13.3. The molecule has 1 fully saturated rings. The summed E-state index contributed by atoms with van der Waals surface area (Å²) in [6, 6.07) is 29.8. The largest absolute Gasteiger partial charge is 0.364 e. The summed E-state index contributed by atoms with van der Waals surface area (Å²) in [5.41, 5.74) is 3.85. The third kappa shape index (κ3) is 2.94. The molecule has 0 saturated heterocycles. The maximum absolute atomic E-state index is 6.10. The van der Waals surface area contributed by atoms with Crippen molar-refractivity contribution in [1.82, 2.24) is 5.32 Å². The highest BCUT2D eigenvalue weighted by Gasteiger charge is 2.52. The predicted octanol–water partition coefficient (Wildman–Crippen LogP) is 5.86. The first-order valence-electron chi connectivity index (χ1n) is 9.47. The number of nitrogens with zero attached hydrogens (tertiary/aromatic N) is 1. The average molecular weight is 373 g/mol. The summed E-state index contributed by atoms with van der Waals surface area (Å²) in [4.78, 5) is 5.22. The standard InChI is InChI=1S/C24H21ClN2/c25-20-13-11-19(12-14-20)24(15-16-24)23-26-21(17-7-3-1-4-8-17)22(27-23)18-9-5-2-6-10-18/h1-14,21-22H,15-16H2,(H,26,27). The summed E-state index contributed by atoms with van der Waals surface area (Å²) >= 11 is 6.10. The number of benzene rings is 3. The van der Waals surface area contributed by atoms with Crippen molar-refractivity contribution < 1.29 is 0 Å². The first-order valence-corrected chi connectivity index (χ1v) is 9.85. The molecule has 2 atom stereocenters. The fourth-order valence-corrected chi connectivity index (χ4v) is 4.26. The van der Waals surface area contributed by atoms with E-state index < -0.39 is 0 Å². The molecule has 0 bridgehead atoms. The van der Waals surface area contributed by atoms with Crippen LogP contribution in [0, 0.1) is 0 Å². The van der Waals surface area contributed by atoms with Crippen LogP contribution < -0.4 is 5.32 Å². The Bertz CT molecular complexity index is 960. The first kappa shape index (κ1) is 16.6. The third-order valence-electron chi connectivity index (χ3n) is 5.78. The zero-order valence-corrected chi connectivity index (χ0v) is 15.7. The van der Waals surface area contributed by atoms with E-state index in [0.717, 1.165) is 23.7 Å². The average Bonchev–Trinajstić information content (AvgIpc) is 3.41. The lowest BCUT2D eigenvalue weighted by Crippen LogP contribution is -2.33. The van der Waals surface area contributed by atoms with E-state index in [9.17, 15) is 0 Å². The van der Waals surface area contributed by atoms with Crippen molar-refractivity contribution in [1.29, 1.82) is 0 Å². The van der Waals surface area contributed by atoms with Gasteiger partial charge in [-0.3, -0.25) is 4.99 Å². The molecular formula is C24H21ClN2. The van der Waals surface area contributed by atoms with Crippen LogP contribution in [0.15, 0.2) is 89.9 Å². The lowest BCUT2D eigenvalue weighted by atomic mass is 9.93. The second-order valence-electron chi connectivity index (χ2n) is 7.45. The molecule has 1 aliphatic carbocycles. The minimum absolute atomic E-state index is 0.0150. The number of nitrogens with one attached hydrogen (secondary N) is 1. The van der Waals surface area contributed by atoms with E-state index in [-0.39, 0.29) is 17.5 Å². The van der Waals surface area contributed by atoms with Gasteiger partial charge in [0.2, 0.25) is 0 Å². The van der Waals surface area contributed by atoms with Crippen LogP contribution >= 0.6 is 11.6 Å². The van der Waals surface area contributed by atoms with Crippen LogP contribution in [0.2, 0.25) is 5.02 Å². The molecule has 3 aromatic rings. The summed E-state index contributed by atoms with van der Waals surface area (Å²) in [7, 11) is 0. The Morgan fingerprint density at radius 3 is 1.96 bits per heavy atom. The number of amidine groups is 1. The number of aliphatic imine (C=N–C) groups is 1. The highest BCUT2D eigenvalue weighted by atomic mass is 35.5. The van der Waals surface area contributed by atoms with Gasteiger partial charge in [0.1, 0.15) is 11.9 Å². The van der Waals surface area contributed by atoms with E-state index in [2.05, 4.69) is 78.1 Å². The molecule has 134 valence electrons. The normalized spacial score (nSPS) is 22.8. The van der Waals surface area contributed by atoms with Gasteiger partial charge in [-0.1, -0.05) is 84.4 Å². The molecular weight excluding hydrogens is 352 g/mol. The van der Waals surface area contributed by atoms with Gasteiger partial charge in [-0.25, -0.2) is 0 Å². The van der Waals surface area contributed by atoms with Crippen LogP contribution in [-0.4, -0.2) is 5.84 Å². The molecule has 0 amide bonds. The second kappa shape index (κ2) is 6.54. The van der Waals surface area contributed by atoms with Crippen molar-refractivity contribution in [3.63, 3.8) is 0 Å². The number of halogens is 1. The van der Waals surface area contributed by atoms with Gasteiger partial charge in [0.15, 0.2) is 0 Å². The highest BCUT2D eigenvalue weighted by Crippen LogP contribution is 2.52. The third-order valence-corrected chi connectivity index (χ3v) is 6.03. The topological polar surface area (TPSA) is 24.4 Å². The fourth-order valence-electron chi connectivity index (χ4n) is 4.14. The van der Waals surface area contributed by atoms with Crippen LogP contribution in [0.3, 0.4) is 0 Å². The molecule has 0 spiro atoms. The van der Waals surface area contributed by atoms with Crippen molar-refractivity contribution in [2.45, 2.75) is 30.3 Å². The van der Waals surface area contributed by atoms with Gasteiger partial charge < -0.3 is 5.32 Å². The monoisotopic (exact) mass is 372 g/mol. The Balaban J connectivity index is 1.55. The molecule has 0 aromatic heterocycles. The molecule has 2 aliphatic rings. The van der Waals surface area contributed by atoms with E-state index in [1.54, 1.807) is 0 Å². The van der Waals surface area contributed by atoms with Gasteiger partial charge >= 0.3 is 0 Å². The van der Waals surface area contributed by atoms with E-state index in [1.807, 2.05) is 12.1 Å². The van der Waals surface area contributed by atoms with Crippen molar-refractivity contribution >= 4 is 17.4 Å². The minimum atomic E-state index is 0.0150. The quantitative estimate of drug-likeness (QED) is 0.609. The summed E-state index contributed by atoms with van der Waals surface area (Å²) in [6.07, 6.45) is 2.26. The number of hydrogen-bond acceptors (Lipinski definition) is 2. The Labute approximate surface area is 164 Å². The van der Waals surface area contributed by atoms with Gasteiger partial charge in [0.25, 0.3) is 0 Å². The van der Waals surface area contributed by atoms with Gasteiger partial charge in [0.05, 0.1) is 11.5 Å².